The van der Waals surface area contributed by atoms with Gasteiger partial charge in [0, 0.05) is 13.2 Å². The van der Waals surface area contributed by atoms with Gasteiger partial charge in [-0.15, -0.1) is 0 Å². The van der Waals surface area contributed by atoms with E-state index in [1.807, 2.05) is 0 Å². The van der Waals surface area contributed by atoms with E-state index in [9.17, 15) is 0 Å². The molecule has 2 heteroatoms. The van der Waals surface area contributed by atoms with Crippen LogP contribution in [0.25, 0.3) is 0 Å². The number of nitrogens with one attached hydrogen (secondary N) is 1. The van der Waals surface area contributed by atoms with Crippen molar-refractivity contribution in [1.82, 2.24) is 5.32 Å². The average Bonchev–Trinajstić information content (AvgIpc) is 2.28. The normalized spacial score (nSPS) is 13.7. The van der Waals surface area contributed by atoms with E-state index >= 15 is 0 Å². The topological polar surface area (TPSA) is 21.3 Å². The minimum atomic E-state index is -0.0423. The quantitative estimate of drug-likeness (QED) is 0.815. The molecule has 0 radical (unpaired) electrons. The summed E-state index contributed by atoms with van der Waals surface area (Å²) in [7, 11) is 1.77. The van der Waals surface area contributed by atoms with Crippen LogP contribution in [0.4, 0.5) is 0 Å². The van der Waals surface area contributed by atoms with Crippen LogP contribution in [0.2, 0.25) is 0 Å². The van der Waals surface area contributed by atoms with Gasteiger partial charge in [0.05, 0.1) is 5.60 Å². The third kappa shape index (κ3) is 4.88. The molecule has 0 unspecified atom stereocenters. The molecule has 0 saturated heterocycles. The SMILES string of the molecule is COC(C)(C)CCN[C@H](C)c1cccc(C)c1. The number of hydrogen-bond acceptors (Lipinski definition) is 2. The summed E-state index contributed by atoms with van der Waals surface area (Å²) in [5, 5.41) is 3.54. The number of methoxy groups -OCH3 is 1. The van der Waals surface area contributed by atoms with Crippen molar-refractivity contribution in [3.05, 3.63) is 35.4 Å². The number of hydrogen-bond donors (Lipinski definition) is 1. The van der Waals surface area contributed by atoms with Crippen molar-refractivity contribution in [2.75, 3.05) is 13.7 Å². The first-order valence-corrected chi connectivity index (χ1v) is 6.30. The lowest BCUT2D eigenvalue weighted by molar-refractivity contribution is 0.0154. The first-order valence-electron chi connectivity index (χ1n) is 6.30. The molecule has 1 aromatic rings. The molecule has 17 heavy (non-hydrogen) atoms. The van der Waals surface area contributed by atoms with Crippen LogP contribution < -0.4 is 5.32 Å². The van der Waals surface area contributed by atoms with Gasteiger partial charge in [-0.1, -0.05) is 29.8 Å². The van der Waals surface area contributed by atoms with Crippen LogP contribution in [-0.2, 0) is 4.74 Å². The molecule has 1 aromatic carbocycles. The van der Waals surface area contributed by atoms with Crippen molar-refractivity contribution in [1.29, 1.82) is 0 Å². The first kappa shape index (κ1) is 14.2. The van der Waals surface area contributed by atoms with Gasteiger partial charge in [-0.3, -0.25) is 0 Å². The zero-order chi connectivity index (χ0) is 12.9. The standard InChI is InChI=1S/C15H25NO/c1-12-7-6-8-14(11-12)13(2)16-10-9-15(3,4)17-5/h6-8,11,13,16H,9-10H2,1-5H3/t13-/m1/s1. The van der Waals surface area contributed by atoms with Gasteiger partial charge >= 0.3 is 0 Å². The molecular weight excluding hydrogens is 210 g/mol. The third-order valence-electron chi connectivity index (χ3n) is 3.27. The van der Waals surface area contributed by atoms with Crippen LogP contribution in [-0.4, -0.2) is 19.3 Å². The maximum Gasteiger partial charge on any atom is 0.0634 e. The third-order valence-corrected chi connectivity index (χ3v) is 3.27. The molecule has 0 aliphatic rings. The highest BCUT2D eigenvalue weighted by atomic mass is 16.5. The summed E-state index contributed by atoms with van der Waals surface area (Å²) in [5.41, 5.74) is 2.62. The predicted molar refractivity (Wildman–Crippen MR) is 73.3 cm³/mol. The van der Waals surface area contributed by atoms with Crippen molar-refractivity contribution in [2.45, 2.75) is 45.8 Å². The van der Waals surface area contributed by atoms with Gasteiger partial charge in [0.1, 0.15) is 0 Å². The van der Waals surface area contributed by atoms with Crippen LogP contribution in [0.15, 0.2) is 24.3 Å². The Morgan fingerprint density at radius 2 is 2.06 bits per heavy atom. The Balaban J connectivity index is 2.42. The lowest BCUT2D eigenvalue weighted by Gasteiger charge is -2.24. The van der Waals surface area contributed by atoms with Gasteiger partial charge in [-0.2, -0.15) is 0 Å². The predicted octanol–water partition coefficient (Wildman–Crippen LogP) is 3.46. The molecule has 0 fully saturated rings. The highest BCUT2D eigenvalue weighted by Crippen LogP contribution is 2.16. The molecule has 0 aliphatic heterocycles. The van der Waals surface area contributed by atoms with E-state index in [1.54, 1.807) is 7.11 Å². The summed E-state index contributed by atoms with van der Waals surface area (Å²) < 4.78 is 5.40. The molecule has 0 aromatic heterocycles. The van der Waals surface area contributed by atoms with E-state index in [4.69, 9.17) is 4.74 Å². The van der Waals surface area contributed by atoms with Crippen molar-refractivity contribution in [2.24, 2.45) is 0 Å². The minimum Gasteiger partial charge on any atom is -0.379 e. The summed E-state index contributed by atoms with van der Waals surface area (Å²) in [5.74, 6) is 0. The van der Waals surface area contributed by atoms with Crippen LogP contribution in [0.3, 0.4) is 0 Å². The summed E-state index contributed by atoms with van der Waals surface area (Å²) >= 11 is 0. The van der Waals surface area contributed by atoms with Gasteiger partial charge in [0.25, 0.3) is 0 Å². The molecule has 1 atom stereocenters. The molecule has 2 nitrogen and oxygen atoms in total. The van der Waals surface area contributed by atoms with Crippen molar-refractivity contribution >= 4 is 0 Å². The maximum atomic E-state index is 5.40. The van der Waals surface area contributed by atoms with Gasteiger partial charge in [0.15, 0.2) is 0 Å². The maximum absolute atomic E-state index is 5.40. The van der Waals surface area contributed by atoms with Gasteiger partial charge < -0.3 is 10.1 Å². The smallest absolute Gasteiger partial charge is 0.0634 e. The number of rotatable bonds is 6. The Bertz CT molecular complexity index is 347. The van der Waals surface area contributed by atoms with E-state index in [0.717, 1.165) is 13.0 Å². The molecule has 1 rings (SSSR count). The summed E-state index contributed by atoms with van der Waals surface area (Å²) in [6.07, 6.45) is 1.01. The molecule has 0 bridgehead atoms. The van der Waals surface area contributed by atoms with E-state index in [-0.39, 0.29) is 5.60 Å². The van der Waals surface area contributed by atoms with Gasteiger partial charge in [0.2, 0.25) is 0 Å². The van der Waals surface area contributed by atoms with Crippen molar-refractivity contribution in [3.63, 3.8) is 0 Å². The average molecular weight is 235 g/mol. The molecule has 96 valence electrons. The summed E-state index contributed by atoms with van der Waals surface area (Å²) in [6.45, 7) is 9.53. The second-order valence-corrected chi connectivity index (χ2v) is 5.30. The Labute approximate surface area is 105 Å². The Morgan fingerprint density at radius 3 is 2.65 bits per heavy atom. The summed E-state index contributed by atoms with van der Waals surface area (Å²) in [6, 6.07) is 9.04. The van der Waals surface area contributed by atoms with Crippen LogP contribution in [0.5, 0.6) is 0 Å². The fraction of sp³-hybridized carbons (Fsp3) is 0.600. The largest absolute Gasteiger partial charge is 0.379 e. The van der Waals surface area contributed by atoms with Crippen LogP contribution in [0.1, 0.15) is 44.4 Å². The highest BCUT2D eigenvalue weighted by molar-refractivity contribution is 5.24. The number of benzene rings is 1. The van der Waals surface area contributed by atoms with E-state index in [0.29, 0.717) is 6.04 Å². The molecular formula is C15H25NO. The van der Waals surface area contributed by atoms with Gasteiger partial charge in [-0.25, -0.2) is 0 Å². The van der Waals surface area contributed by atoms with E-state index < -0.39 is 0 Å². The zero-order valence-electron chi connectivity index (χ0n) is 11.7. The van der Waals surface area contributed by atoms with E-state index in [2.05, 4.69) is 57.3 Å². The zero-order valence-corrected chi connectivity index (χ0v) is 11.7. The molecule has 0 amide bonds. The Kier molecular flexibility index (Phi) is 5.16. The Hall–Kier alpha value is -0.860. The molecule has 0 spiro atoms. The lowest BCUT2D eigenvalue weighted by atomic mass is 10.0. The molecule has 0 saturated carbocycles. The highest BCUT2D eigenvalue weighted by Gasteiger charge is 2.16. The fourth-order valence-electron chi connectivity index (χ4n) is 1.75. The van der Waals surface area contributed by atoms with Gasteiger partial charge in [-0.05, 0) is 46.2 Å². The van der Waals surface area contributed by atoms with Crippen LogP contribution in [0, 0.1) is 6.92 Å². The first-order chi connectivity index (χ1) is 7.94. The fourth-order valence-corrected chi connectivity index (χ4v) is 1.75. The van der Waals surface area contributed by atoms with Crippen LogP contribution >= 0.6 is 0 Å². The summed E-state index contributed by atoms with van der Waals surface area (Å²) in [4.78, 5) is 0. The Morgan fingerprint density at radius 1 is 1.35 bits per heavy atom. The second-order valence-electron chi connectivity index (χ2n) is 5.30. The van der Waals surface area contributed by atoms with Crippen molar-refractivity contribution in [3.8, 4) is 0 Å². The van der Waals surface area contributed by atoms with Crippen molar-refractivity contribution < 1.29 is 4.74 Å². The van der Waals surface area contributed by atoms with E-state index in [1.165, 1.54) is 11.1 Å². The molecule has 0 aliphatic carbocycles. The second kappa shape index (κ2) is 6.18. The molecule has 1 N–H and O–H groups in total. The minimum absolute atomic E-state index is 0.0423. The lowest BCUT2D eigenvalue weighted by Crippen LogP contribution is -2.30. The molecule has 0 heterocycles. The number of aryl methyl sites for hydroxylation is 1. The number of ether oxygens (including phenoxy) is 1. The monoisotopic (exact) mass is 235 g/mol.